The Bertz CT molecular complexity index is 2050. The van der Waals surface area contributed by atoms with Gasteiger partial charge in [-0.15, -0.1) is 0 Å². The number of amides is 2. The van der Waals surface area contributed by atoms with E-state index in [1.54, 1.807) is 6.92 Å². The van der Waals surface area contributed by atoms with Crippen LogP contribution in [0.5, 0.6) is 0 Å². The van der Waals surface area contributed by atoms with Crippen molar-refractivity contribution >= 4 is 52.3 Å². The van der Waals surface area contributed by atoms with Gasteiger partial charge in [-0.25, -0.2) is 0 Å². The predicted octanol–water partition coefficient (Wildman–Crippen LogP) is 8.87. The smallest absolute Gasteiger partial charge is 0.246 e. The first-order chi connectivity index (χ1) is 54.9. The van der Waals surface area contributed by atoms with Gasteiger partial charge in [0.1, 0.15) is 57.0 Å². The van der Waals surface area contributed by atoms with Crippen molar-refractivity contribution in [3.05, 3.63) is 0 Å². The van der Waals surface area contributed by atoms with Crippen LogP contribution in [-0.2, 0) is 138 Å². The highest BCUT2D eigenvalue weighted by atomic mass is 16.6. The minimum absolute atomic E-state index is 0.0125. The van der Waals surface area contributed by atoms with Crippen molar-refractivity contribution in [3.63, 3.8) is 0 Å². The molecule has 0 saturated carbocycles. The summed E-state index contributed by atoms with van der Waals surface area (Å²) in [4.78, 5) is 98.6. The third kappa shape index (κ3) is 126. The van der Waals surface area contributed by atoms with E-state index in [1.165, 1.54) is 53.4 Å². The molecule has 0 bridgehead atoms. The molecule has 31 heteroatoms. The zero-order chi connectivity index (χ0) is 84.3. The van der Waals surface area contributed by atoms with Gasteiger partial charge in [-0.1, -0.05) is 79.6 Å². The molecule has 113 heavy (non-hydrogen) atoms. The van der Waals surface area contributed by atoms with Crippen LogP contribution >= 0.6 is 0 Å². The monoisotopic (exact) mass is 1640 g/mol. The summed E-state index contributed by atoms with van der Waals surface area (Å²) in [6, 6.07) is 0. The number of carbonyl (C=O) groups excluding carboxylic acids is 9. The number of unbranched alkanes of at least 4 members (excludes halogenated alkanes) is 9. The van der Waals surface area contributed by atoms with Crippen LogP contribution in [0.1, 0.15) is 204 Å². The highest BCUT2D eigenvalue weighted by Gasteiger charge is 2.08. The molecule has 2 N–H and O–H groups in total. The molecule has 0 aromatic rings. The largest absolute Gasteiger partial charge is 0.379 e. The van der Waals surface area contributed by atoms with E-state index in [4.69, 9.17) is 94.7 Å². The van der Waals surface area contributed by atoms with E-state index in [-0.39, 0.29) is 91.9 Å². The van der Waals surface area contributed by atoms with Crippen LogP contribution in [0, 0.1) is 0 Å². The number of hydrogen-bond donors (Lipinski definition) is 2. The van der Waals surface area contributed by atoms with Crippen LogP contribution < -0.4 is 10.6 Å². The van der Waals surface area contributed by atoms with E-state index in [2.05, 4.69) is 45.3 Å². The van der Waals surface area contributed by atoms with Gasteiger partial charge in [0.05, 0.1) is 178 Å². The quantitative estimate of drug-likeness (QED) is 0.0536. The van der Waals surface area contributed by atoms with Crippen molar-refractivity contribution in [1.29, 1.82) is 0 Å². The van der Waals surface area contributed by atoms with Gasteiger partial charge in [0.25, 0.3) is 0 Å². The number of rotatable bonds is 87. The summed E-state index contributed by atoms with van der Waals surface area (Å²) in [7, 11) is 0. The first-order valence-corrected chi connectivity index (χ1v) is 41.5. The van der Waals surface area contributed by atoms with Gasteiger partial charge >= 0.3 is 0 Å². The molecular weight excluding hydrogens is 1480 g/mol. The van der Waals surface area contributed by atoms with Crippen molar-refractivity contribution in [2.75, 3.05) is 277 Å². The average Bonchev–Trinajstić information content (AvgIpc) is 1.23. The van der Waals surface area contributed by atoms with Crippen LogP contribution in [0.2, 0.25) is 0 Å². The molecule has 0 atom stereocenters. The minimum Gasteiger partial charge on any atom is -0.379 e. The Balaban J connectivity index is -0.000000444. The van der Waals surface area contributed by atoms with Crippen LogP contribution in [0.3, 0.4) is 0 Å². The lowest BCUT2D eigenvalue weighted by Crippen LogP contribution is -2.31. The molecule has 0 radical (unpaired) electrons. The zero-order valence-corrected chi connectivity index (χ0v) is 71.9. The van der Waals surface area contributed by atoms with Gasteiger partial charge in [-0.2, -0.15) is 0 Å². The third-order valence-electron chi connectivity index (χ3n) is 14.3. The Labute approximate surface area is 679 Å². The summed E-state index contributed by atoms with van der Waals surface area (Å²) in [6.07, 6.45) is 19.3. The zero-order valence-electron chi connectivity index (χ0n) is 71.9. The number of ether oxygens (including phenoxy) is 20. The second-order valence-electron chi connectivity index (χ2n) is 25.8. The lowest BCUT2D eigenvalue weighted by molar-refractivity contribution is -0.130. The Kier molecular flexibility index (Phi) is 110. The maximum Gasteiger partial charge on any atom is 0.246 e. The van der Waals surface area contributed by atoms with Gasteiger partial charge in [-0.05, 0) is 92.4 Å². The first kappa shape index (κ1) is 117. The second kappa shape index (κ2) is 106. The molecule has 0 spiro atoms. The minimum atomic E-state index is -0.279. The normalized spacial score (nSPS) is 10.8. The van der Waals surface area contributed by atoms with Crippen LogP contribution in [0.15, 0.2) is 0 Å². The summed E-state index contributed by atoms with van der Waals surface area (Å²) >= 11 is 0. The lowest BCUT2D eigenvalue weighted by Gasteiger charge is -2.09. The standard InChI is InChI=1S/C23H45NO10.C18H34O6.C18H34O5.C13H25NO5.C10H20O3/c1-3-4-6-27-8-10-29-12-14-31-16-18-33-19-17-32-15-13-30-11-9-28-7-5-24-23(26)21-34-20-22(2)25;1-3-4-6-9-21-11-13-23-14-12-22-10-7-5-8-18(20)16-24-15-17(2)19;1-3-4-6-11-21-13-15-23-16-14-22-12-7-5-8-18(20)10-9-17(2)19;1-3-4-6-17-8-9-18-7-5-14-13(16)11-19-10-12(2)15;1-3-4-6-12-8-9-13-7-5-10(2)11/h3-21H2,1-2H3,(H,24,26);3-16H2,1-2H3;3-16H2,1-2H3;3-11H2,1-2H3,(H,14,16);3-9H2,1-2H3. The molecule has 0 rings (SSSR count). The molecule has 0 fully saturated rings. The van der Waals surface area contributed by atoms with E-state index in [0.29, 0.717) is 237 Å². The maximum atomic E-state index is 11.4. The number of Topliss-reactive ketones (excluding diaryl/α,β-unsaturated/α-hetero) is 7. The topological polar surface area (TPSA) is 362 Å². The third-order valence-corrected chi connectivity index (χ3v) is 14.3. The molecule has 0 aromatic carbocycles. The Morgan fingerprint density at radius 1 is 0.177 bits per heavy atom. The molecule has 2 amide bonds. The summed E-state index contributed by atoms with van der Waals surface area (Å²) < 4.78 is 106. The van der Waals surface area contributed by atoms with Crippen LogP contribution in [-0.4, -0.2) is 330 Å². The number of nitrogens with one attached hydrogen (secondary N) is 2. The molecule has 31 nitrogen and oxygen atoms in total. The average molecular weight is 1640 g/mol. The van der Waals surface area contributed by atoms with E-state index in [1.807, 2.05) is 0 Å². The van der Waals surface area contributed by atoms with E-state index in [0.717, 1.165) is 110 Å². The first-order valence-electron chi connectivity index (χ1n) is 41.5. The number of hydrogen-bond acceptors (Lipinski definition) is 29. The second-order valence-corrected chi connectivity index (χ2v) is 25.8. The Morgan fingerprint density at radius 3 is 0.655 bits per heavy atom. The van der Waals surface area contributed by atoms with Crippen molar-refractivity contribution in [2.45, 2.75) is 204 Å². The molecule has 0 aliphatic rings. The van der Waals surface area contributed by atoms with E-state index >= 15 is 0 Å². The Morgan fingerprint density at radius 2 is 0.398 bits per heavy atom. The maximum absolute atomic E-state index is 11.4. The molecule has 0 unspecified atom stereocenters. The Hall–Kier alpha value is -4.17. The molecule has 670 valence electrons. The van der Waals surface area contributed by atoms with Crippen molar-refractivity contribution in [3.8, 4) is 0 Å². The SMILES string of the molecule is CCCCCOCCOCCOCCCCC(=O)CCC(C)=O.CCCCCOCCOCCOCCCCC(=O)COCC(C)=O.CCCCOCCOCCC(C)=O.CCCCOCCOCCNC(=O)COCC(C)=O.CCCCOCCOCCOCCOCCOCCOCCOCCNC(=O)COCC(C)=O. The van der Waals surface area contributed by atoms with Crippen molar-refractivity contribution < 1.29 is 138 Å². The predicted molar refractivity (Wildman–Crippen MR) is 431 cm³/mol. The molecular formula is C82H158N2O29. The van der Waals surface area contributed by atoms with Crippen LogP contribution in [0.4, 0.5) is 0 Å². The summed E-state index contributed by atoms with van der Waals surface area (Å²) in [6.45, 7) is 38.5. The summed E-state index contributed by atoms with van der Waals surface area (Å²) in [5.41, 5.74) is 0. The lowest BCUT2D eigenvalue weighted by atomic mass is 10.1. The van der Waals surface area contributed by atoms with Gasteiger partial charge in [-0.3, -0.25) is 38.4 Å². The summed E-state index contributed by atoms with van der Waals surface area (Å²) in [5, 5.41) is 5.26. The molecule has 0 aliphatic carbocycles. The van der Waals surface area contributed by atoms with Gasteiger partial charge in [0.2, 0.25) is 11.8 Å². The molecule has 0 saturated heterocycles. The molecule has 0 heterocycles. The van der Waals surface area contributed by atoms with Gasteiger partial charge in [0, 0.05) is 91.4 Å². The van der Waals surface area contributed by atoms with Crippen LogP contribution in [0.25, 0.3) is 0 Å². The number of ketones is 7. The fraction of sp³-hybridized carbons (Fsp3) is 0.890. The van der Waals surface area contributed by atoms with Crippen molar-refractivity contribution in [2.24, 2.45) is 0 Å². The molecule has 0 aromatic heterocycles. The van der Waals surface area contributed by atoms with E-state index in [9.17, 15) is 43.2 Å². The van der Waals surface area contributed by atoms with Gasteiger partial charge < -0.3 is 110 Å². The molecule has 0 aliphatic heterocycles. The van der Waals surface area contributed by atoms with Gasteiger partial charge in [0.15, 0.2) is 23.1 Å². The van der Waals surface area contributed by atoms with E-state index < -0.39 is 0 Å². The van der Waals surface area contributed by atoms with Crippen molar-refractivity contribution in [1.82, 2.24) is 10.6 Å². The summed E-state index contributed by atoms with van der Waals surface area (Å²) in [5.74, 6) is -0.363. The number of carbonyl (C=O) groups is 9. The fourth-order valence-electron chi connectivity index (χ4n) is 8.09. The highest BCUT2D eigenvalue weighted by molar-refractivity contribution is 5.85. The fourth-order valence-corrected chi connectivity index (χ4v) is 8.09. The highest BCUT2D eigenvalue weighted by Crippen LogP contribution is 2.04.